The summed E-state index contributed by atoms with van der Waals surface area (Å²) in [6.07, 6.45) is 2.00. The van der Waals surface area contributed by atoms with Crippen molar-refractivity contribution in [2.75, 3.05) is 37.7 Å². The average Bonchev–Trinajstić information content (AvgIpc) is 2.68. The van der Waals surface area contributed by atoms with Crippen LogP contribution >= 0.6 is 0 Å². The van der Waals surface area contributed by atoms with Crippen LogP contribution in [0.5, 0.6) is 11.5 Å². The van der Waals surface area contributed by atoms with E-state index in [1.165, 1.54) is 12.1 Å². The molecule has 5 nitrogen and oxygen atoms in total. The first-order valence-corrected chi connectivity index (χ1v) is 8.71. The SMILES string of the molecule is OCc1cc(F)ccc1N1CCN(C=C2COc3ccccc3O2)CC1. The zero-order chi connectivity index (χ0) is 17.9. The summed E-state index contributed by atoms with van der Waals surface area (Å²) in [5.41, 5.74) is 1.52. The van der Waals surface area contributed by atoms with Crippen LogP contribution < -0.4 is 14.4 Å². The highest BCUT2D eigenvalue weighted by Crippen LogP contribution is 2.32. The molecule has 0 unspecified atom stereocenters. The molecule has 0 aromatic heterocycles. The van der Waals surface area contributed by atoms with Crippen molar-refractivity contribution < 1.29 is 19.0 Å². The first-order chi connectivity index (χ1) is 12.7. The molecule has 6 heteroatoms. The molecule has 4 rings (SSSR count). The summed E-state index contributed by atoms with van der Waals surface area (Å²) in [6, 6.07) is 12.2. The Morgan fingerprint density at radius 2 is 1.81 bits per heavy atom. The molecule has 136 valence electrons. The van der Waals surface area contributed by atoms with Gasteiger partial charge in [0, 0.05) is 43.6 Å². The van der Waals surface area contributed by atoms with E-state index in [9.17, 15) is 9.50 Å². The molecule has 0 spiro atoms. The van der Waals surface area contributed by atoms with Gasteiger partial charge in [0.25, 0.3) is 0 Å². The second kappa shape index (κ2) is 7.25. The van der Waals surface area contributed by atoms with Crippen LogP contribution in [-0.4, -0.2) is 42.8 Å². The number of piperazine rings is 1. The van der Waals surface area contributed by atoms with Gasteiger partial charge in [-0.2, -0.15) is 0 Å². The number of aliphatic hydroxyl groups excluding tert-OH is 1. The maximum Gasteiger partial charge on any atom is 0.169 e. The van der Waals surface area contributed by atoms with Crippen LogP contribution in [0.15, 0.2) is 54.4 Å². The molecule has 0 radical (unpaired) electrons. The van der Waals surface area contributed by atoms with Crippen molar-refractivity contribution in [1.82, 2.24) is 4.90 Å². The number of fused-ring (bicyclic) bond motifs is 1. The van der Waals surface area contributed by atoms with Crippen LogP contribution in [0.25, 0.3) is 0 Å². The van der Waals surface area contributed by atoms with Crippen LogP contribution in [0.4, 0.5) is 10.1 Å². The van der Waals surface area contributed by atoms with Gasteiger partial charge in [-0.15, -0.1) is 0 Å². The van der Waals surface area contributed by atoms with Crippen molar-refractivity contribution in [1.29, 1.82) is 0 Å². The van der Waals surface area contributed by atoms with Crippen LogP contribution in [0.1, 0.15) is 5.56 Å². The molecule has 0 amide bonds. The van der Waals surface area contributed by atoms with E-state index in [4.69, 9.17) is 9.47 Å². The number of halogens is 1. The van der Waals surface area contributed by atoms with Gasteiger partial charge in [-0.3, -0.25) is 0 Å². The minimum Gasteiger partial charge on any atom is -0.482 e. The second-order valence-electron chi connectivity index (χ2n) is 6.39. The molecule has 1 N–H and O–H groups in total. The van der Waals surface area contributed by atoms with Gasteiger partial charge in [-0.05, 0) is 30.3 Å². The normalized spacial score (nSPS) is 18.3. The van der Waals surface area contributed by atoms with Crippen molar-refractivity contribution in [2.45, 2.75) is 6.61 Å². The second-order valence-corrected chi connectivity index (χ2v) is 6.39. The summed E-state index contributed by atoms with van der Waals surface area (Å²) in [4.78, 5) is 4.37. The Morgan fingerprint density at radius 3 is 2.58 bits per heavy atom. The summed E-state index contributed by atoms with van der Waals surface area (Å²) in [6.45, 7) is 3.47. The lowest BCUT2D eigenvalue weighted by Crippen LogP contribution is -2.44. The quantitative estimate of drug-likeness (QED) is 0.916. The van der Waals surface area contributed by atoms with Crippen LogP contribution in [0, 0.1) is 5.82 Å². The molecule has 0 saturated carbocycles. The van der Waals surface area contributed by atoms with Gasteiger partial charge in [-0.25, -0.2) is 4.39 Å². The van der Waals surface area contributed by atoms with Crippen LogP contribution in [0.3, 0.4) is 0 Å². The molecule has 2 aromatic carbocycles. The third-order valence-electron chi connectivity index (χ3n) is 4.65. The highest BCUT2D eigenvalue weighted by atomic mass is 19.1. The first-order valence-electron chi connectivity index (χ1n) is 8.71. The van der Waals surface area contributed by atoms with E-state index in [-0.39, 0.29) is 12.4 Å². The van der Waals surface area contributed by atoms with Gasteiger partial charge < -0.3 is 24.4 Å². The lowest BCUT2D eigenvalue weighted by Gasteiger charge is -2.37. The van der Waals surface area contributed by atoms with Crippen molar-refractivity contribution in [3.05, 3.63) is 65.8 Å². The van der Waals surface area contributed by atoms with Crippen molar-refractivity contribution in [3.8, 4) is 11.5 Å². The van der Waals surface area contributed by atoms with Gasteiger partial charge in [-0.1, -0.05) is 12.1 Å². The number of ether oxygens (including phenoxy) is 2. The molecule has 2 aromatic rings. The van der Waals surface area contributed by atoms with E-state index in [1.54, 1.807) is 6.07 Å². The Labute approximate surface area is 151 Å². The van der Waals surface area contributed by atoms with E-state index in [0.717, 1.165) is 49.1 Å². The largest absolute Gasteiger partial charge is 0.482 e. The first kappa shape index (κ1) is 16.7. The third kappa shape index (κ3) is 3.46. The van der Waals surface area contributed by atoms with Gasteiger partial charge in [0.2, 0.25) is 0 Å². The number of nitrogens with zero attached hydrogens (tertiary/aromatic N) is 2. The topological polar surface area (TPSA) is 45.2 Å². The number of rotatable bonds is 3. The Bertz CT molecular complexity index is 816. The number of aliphatic hydroxyl groups is 1. The molecular formula is C20H21FN2O3. The Hall–Kier alpha value is -2.73. The summed E-state index contributed by atoms with van der Waals surface area (Å²) in [5, 5.41) is 9.48. The summed E-state index contributed by atoms with van der Waals surface area (Å²) in [7, 11) is 0. The minimum atomic E-state index is -0.323. The van der Waals surface area contributed by atoms with Crippen molar-refractivity contribution in [3.63, 3.8) is 0 Å². The molecule has 0 aliphatic carbocycles. The summed E-state index contributed by atoms with van der Waals surface area (Å²) < 4.78 is 25.0. The van der Waals surface area contributed by atoms with Gasteiger partial charge in [0.1, 0.15) is 12.4 Å². The van der Waals surface area contributed by atoms with Crippen LogP contribution in [0.2, 0.25) is 0 Å². The highest BCUT2D eigenvalue weighted by molar-refractivity contribution is 5.54. The number of anilines is 1. The Morgan fingerprint density at radius 1 is 1.04 bits per heavy atom. The molecule has 0 atom stereocenters. The predicted octanol–water partition coefficient (Wildman–Crippen LogP) is 2.75. The zero-order valence-electron chi connectivity index (χ0n) is 14.4. The fraction of sp³-hybridized carbons (Fsp3) is 0.300. The van der Waals surface area contributed by atoms with E-state index in [2.05, 4.69) is 9.80 Å². The Kier molecular flexibility index (Phi) is 4.67. The third-order valence-corrected chi connectivity index (χ3v) is 4.65. The van der Waals surface area contributed by atoms with Crippen LogP contribution in [-0.2, 0) is 6.61 Å². The molecule has 1 fully saturated rings. The fourth-order valence-electron chi connectivity index (χ4n) is 3.32. The van der Waals surface area contributed by atoms with E-state index < -0.39 is 0 Å². The summed E-state index contributed by atoms with van der Waals surface area (Å²) in [5.74, 6) is 1.97. The van der Waals surface area contributed by atoms with E-state index in [1.807, 2.05) is 30.5 Å². The number of hydrogen-bond donors (Lipinski definition) is 1. The van der Waals surface area contributed by atoms with Gasteiger partial charge >= 0.3 is 0 Å². The molecule has 2 heterocycles. The standard InChI is InChI=1S/C20H21FN2O3/c21-16-5-6-18(15(11-16)13-24)23-9-7-22(8-10-23)12-17-14-25-19-3-1-2-4-20(19)26-17/h1-6,11-12,24H,7-10,13-14H2. The zero-order valence-corrected chi connectivity index (χ0v) is 14.4. The maximum atomic E-state index is 13.4. The molecule has 0 bridgehead atoms. The lowest BCUT2D eigenvalue weighted by molar-refractivity contribution is 0.220. The number of benzene rings is 2. The Balaban J connectivity index is 1.40. The van der Waals surface area contributed by atoms with Crippen molar-refractivity contribution in [2.24, 2.45) is 0 Å². The highest BCUT2D eigenvalue weighted by Gasteiger charge is 2.20. The van der Waals surface area contributed by atoms with Crippen molar-refractivity contribution >= 4 is 5.69 Å². The maximum absolute atomic E-state index is 13.4. The van der Waals surface area contributed by atoms with E-state index >= 15 is 0 Å². The lowest BCUT2D eigenvalue weighted by atomic mass is 10.1. The number of hydrogen-bond acceptors (Lipinski definition) is 5. The molecule has 2 aliphatic rings. The summed E-state index contributed by atoms with van der Waals surface area (Å²) >= 11 is 0. The van der Waals surface area contributed by atoms with E-state index in [0.29, 0.717) is 12.2 Å². The monoisotopic (exact) mass is 356 g/mol. The van der Waals surface area contributed by atoms with Gasteiger partial charge in [0.05, 0.1) is 6.61 Å². The molecular weight excluding hydrogens is 335 g/mol. The fourth-order valence-corrected chi connectivity index (χ4v) is 3.32. The average molecular weight is 356 g/mol. The predicted molar refractivity (Wildman–Crippen MR) is 96.8 cm³/mol. The number of para-hydroxylation sites is 2. The minimum absolute atomic E-state index is 0.165. The molecule has 26 heavy (non-hydrogen) atoms. The molecule has 2 aliphatic heterocycles. The van der Waals surface area contributed by atoms with Gasteiger partial charge in [0.15, 0.2) is 17.3 Å². The smallest absolute Gasteiger partial charge is 0.169 e. The molecule has 1 saturated heterocycles.